The molecule has 1 fully saturated rings. The molecule has 2 aromatic rings. The number of ketones is 1. The Labute approximate surface area is 120 Å². The van der Waals surface area contributed by atoms with Crippen LogP contribution in [0.1, 0.15) is 22.1 Å². The molecule has 0 amide bonds. The van der Waals surface area contributed by atoms with Crippen molar-refractivity contribution in [2.45, 2.75) is 12.1 Å². The number of fused-ring (bicyclic) bond motifs is 6. The van der Waals surface area contributed by atoms with E-state index in [2.05, 4.69) is 0 Å². The highest BCUT2D eigenvalue weighted by Crippen LogP contribution is 2.48. The Morgan fingerprint density at radius 3 is 2.71 bits per heavy atom. The van der Waals surface area contributed by atoms with E-state index in [0.29, 0.717) is 5.56 Å². The number of carbonyl (C=O) groups excluding carboxylic acids is 1. The number of aliphatic carboxylic acids is 1. The zero-order chi connectivity index (χ0) is 14.9. The van der Waals surface area contributed by atoms with E-state index in [0.717, 1.165) is 16.6 Å². The van der Waals surface area contributed by atoms with Crippen molar-refractivity contribution >= 4 is 22.7 Å². The van der Waals surface area contributed by atoms with E-state index in [-0.39, 0.29) is 5.78 Å². The molecule has 2 bridgehead atoms. The largest absolute Gasteiger partial charge is 0.481 e. The molecule has 2 heterocycles. The summed E-state index contributed by atoms with van der Waals surface area (Å²) in [6.07, 6.45) is -0.934. The van der Waals surface area contributed by atoms with Gasteiger partial charge in [0.15, 0.2) is 11.9 Å². The van der Waals surface area contributed by atoms with E-state index >= 15 is 0 Å². The van der Waals surface area contributed by atoms with Gasteiger partial charge in [0.25, 0.3) is 0 Å². The Bertz CT molecular complexity index is 794. The van der Waals surface area contributed by atoms with Crippen LogP contribution in [0.25, 0.3) is 10.9 Å². The summed E-state index contributed by atoms with van der Waals surface area (Å²) in [5, 5.41) is 11.8. The summed E-state index contributed by atoms with van der Waals surface area (Å²) in [5.41, 5.74) is 2.26. The predicted molar refractivity (Wildman–Crippen MR) is 73.8 cm³/mol. The zero-order valence-electron chi connectivity index (χ0n) is 11.6. The van der Waals surface area contributed by atoms with Crippen molar-refractivity contribution in [1.82, 2.24) is 9.63 Å². The van der Waals surface area contributed by atoms with Crippen LogP contribution in [-0.4, -0.2) is 39.6 Å². The standard InChI is InChI=1S/C15H14N2O4/c1-16-8-6-4-3-5-7(8)9-11(16)12-10(15(19)20)14(13(9)18)21-17(12)2/h3-6,10,12,14H,1-2H3,(H,19,20)/t10-,12-,14+/m0/s1. The van der Waals surface area contributed by atoms with Crippen LogP contribution in [0.5, 0.6) is 0 Å². The first-order valence-corrected chi connectivity index (χ1v) is 6.76. The molecular formula is C15H14N2O4. The fraction of sp³-hybridized carbons (Fsp3) is 0.333. The summed E-state index contributed by atoms with van der Waals surface area (Å²) >= 11 is 0. The number of nitrogens with zero attached hydrogens (tertiary/aromatic N) is 2. The molecule has 1 aromatic carbocycles. The molecule has 1 N–H and O–H groups in total. The van der Waals surface area contributed by atoms with Gasteiger partial charge in [0.05, 0.1) is 17.3 Å². The van der Waals surface area contributed by atoms with Gasteiger partial charge in [0, 0.05) is 25.0 Å². The summed E-state index contributed by atoms with van der Waals surface area (Å²) in [4.78, 5) is 29.8. The fourth-order valence-corrected chi connectivity index (χ4v) is 3.68. The minimum atomic E-state index is -1.00. The maximum atomic E-state index is 12.7. The van der Waals surface area contributed by atoms with Gasteiger partial charge in [-0.2, -0.15) is 5.06 Å². The fourth-order valence-electron chi connectivity index (χ4n) is 3.68. The molecule has 0 unspecified atom stereocenters. The second-order valence-corrected chi connectivity index (χ2v) is 5.58. The van der Waals surface area contributed by atoms with Crippen molar-refractivity contribution in [1.29, 1.82) is 0 Å². The number of aryl methyl sites for hydroxylation is 1. The molecule has 6 nitrogen and oxygen atoms in total. The first-order valence-electron chi connectivity index (χ1n) is 6.76. The van der Waals surface area contributed by atoms with E-state index in [9.17, 15) is 14.7 Å². The Morgan fingerprint density at radius 2 is 2.00 bits per heavy atom. The third kappa shape index (κ3) is 1.38. The van der Waals surface area contributed by atoms with Crippen LogP contribution in [0, 0.1) is 5.92 Å². The number of para-hydroxylation sites is 1. The van der Waals surface area contributed by atoms with Crippen LogP contribution in [0.4, 0.5) is 0 Å². The van der Waals surface area contributed by atoms with E-state index in [1.54, 1.807) is 7.05 Å². The maximum Gasteiger partial charge on any atom is 0.311 e. The van der Waals surface area contributed by atoms with Crippen molar-refractivity contribution in [3.8, 4) is 0 Å². The van der Waals surface area contributed by atoms with Gasteiger partial charge in [-0.25, -0.2) is 0 Å². The lowest BCUT2D eigenvalue weighted by Gasteiger charge is -2.25. The van der Waals surface area contributed by atoms with Gasteiger partial charge in [0.1, 0.15) is 5.92 Å². The number of aromatic nitrogens is 1. The highest BCUT2D eigenvalue weighted by Gasteiger charge is 2.57. The number of benzene rings is 1. The molecule has 1 aliphatic carbocycles. The molecule has 108 valence electrons. The third-order valence-corrected chi connectivity index (χ3v) is 4.56. The molecule has 2 aliphatic rings. The van der Waals surface area contributed by atoms with Gasteiger partial charge >= 0.3 is 5.97 Å². The number of carbonyl (C=O) groups is 2. The van der Waals surface area contributed by atoms with Gasteiger partial charge in [-0.3, -0.25) is 14.4 Å². The minimum Gasteiger partial charge on any atom is -0.481 e. The highest BCUT2D eigenvalue weighted by atomic mass is 16.7. The molecule has 1 aliphatic heterocycles. The first-order chi connectivity index (χ1) is 10.0. The molecule has 0 saturated carbocycles. The average molecular weight is 286 g/mol. The molecule has 21 heavy (non-hydrogen) atoms. The SMILES string of the molecule is CN1O[C@H]2C(=O)c3c(n(C)c4ccccc34)[C@@H]1[C@@H]2C(=O)O. The molecule has 6 heteroatoms. The summed E-state index contributed by atoms with van der Waals surface area (Å²) in [6, 6.07) is 7.17. The normalized spacial score (nSPS) is 28.1. The summed E-state index contributed by atoms with van der Waals surface area (Å²) in [5.74, 6) is -2.11. The van der Waals surface area contributed by atoms with Gasteiger partial charge < -0.3 is 9.67 Å². The number of rotatable bonds is 1. The Morgan fingerprint density at radius 1 is 1.29 bits per heavy atom. The molecule has 1 saturated heterocycles. The first kappa shape index (κ1) is 12.6. The molecule has 1 aromatic heterocycles. The van der Waals surface area contributed by atoms with Crippen LogP contribution in [0.2, 0.25) is 0 Å². The Balaban J connectivity index is 2.09. The van der Waals surface area contributed by atoms with Crippen molar-refractivity contribution in [3.63, 3.8) is 0 Å². The average Bonchev–Trinajstić information content (AvgIpc) is 2.91. The lowest BCUT2D eigenvalue weighted by molar-refractivity contribution is -0.143. The number of carboxylic acid groups (broad SMARTS) is 1. The van der Waals surface area contributed by atoms with Crippen molar-refractivity contribution < 1.29 is 19.5 Å². The highest BCUT2D eigenvalue weighted by molar-refractivity contribution is 6.14. The molecule has 4 rings (SSSR count). The van der Waals surface area contributed by atoms with Crippen LogP contribution in [0.15, 0.2) is 24.3 Å². The Kier molecular flexibility index (Phi) is 2.35. The molecular weight excluding hydrogens is 272 g/mol. The van der Waals surface area contributed by atoms with E-state index < -0.39 is 24.0 Å². The number of hydroxylamine groups is 2. The second-order valence-electron chi connectivity index (χ2n) is 5.58. The van der Waals surface area contributed by atoms with Crippen LogP contribution in [-0.2, 0) is 16.7 Å². The Hall–Kier alpha value is -2.18. The van der Waals surface area contributed by atoms with Crippen LogP contribution in [0.3, 0.4) is 0 Å². The number of hydrogen-bond acceptors (Lipinski definition) is 4. The maximum absolute atomic E-state index is 12.7. The summed E-state index contributed by atoms with van der Waals surface area (Å²) in [7, 11) is 3.54. The van der Waals surface area contributed by atoms with Gasteiger partial charge in [-0.15, -0.1) is 0 Å². The monoisotopic (exact) mass is 286 g/mol. The lowest BCUT2D eigenvalue weighted by atomic mass is 9.80. The van der Waals surface area contributed by atoms with E-state index in [1.165, 1.54) is 5.06 Å². The predicted octanol–water partition coefficient (Wildman–Crippen LogP) is 1.36. The quantitative estimate of drug-likeness (QED) is 0.857. The minimum absolute atomic E-state index is 0.241. The number of carboxylic acids is 1. The molecule has 3 atom stereocenters. The number of hydrogen-bond donors (Lipinski definition) is 1. The van der Waals surface area contributed by atoms with Crippen LogP contribution >= 0.6 is 0 Å². The lowest BCUT2D eigenvalue weighted by Crippen LogP contribution is -2.39. The van der Waals surface area contributed by atoms with Gasteiger partial charge in [0.2, 0.25) is 0 Å². The zero-order valence-corrected chi connectivity index (χ0v) is 11.6. The third-order valence-electron chi connectivity index (χ3n) is 4.56. The van der Waals surface area contributed by atoms with E-state index in [4.69, 9.17) is 4.84 Å². The topological polar surface area (TPSA) is 71.8 Å². The van der Waals surface area contributed by atoms with Crippen molar-refractivity contribution in [2.75, 3.05) is 7.05 Å². The summed E-state index contributed by atoms with van der Waals surface area (Å²) < 4.78 is 1.91. The number of Topliss-reactive ketones (excluding diaryl/α,β-unsaturated/α-hetero) is 1. The smallest absolute Gasteiger partial charge is 0.311 e. The van der Waals surface area contributed by atoms with Gasteiger partial charge in [-0.1, -0.05) is 18.2 Å². The van der Waals surface area contributed by atoms with Crippen molar-refractivity contribution in [3.05, 3.63) is 35.5 Å². The van der Waals surface area contributed by atoms with Gasteiger partial charge in [-0.05, 0) is 6.07 Å². The molecule has 0 spiro atoms. The second kappa shape index (κ2) is 3.93. The summed E-state index contributed by atoms with van der Waals surface area (Å²) in [6.45, 7) is 0. The molecule has 0 radical (unpaired) electrons. The van der Waals surface area contributed by atoms with E-state index in [1.807, 2.05) is 35.9 Å². The van der Waals surface area contributed by atoms with Crippen molar-refractivity contribution in [2.24, 2.45) is 13.0 Å². The van der Waals surface area contributed by atoms with Crippen LogP contribution < -0.4 is 0 Å².